The molecule has 0 N–H and O–H groups in total. The maximum absolute atomic E-state index is 15.8. The number of hydrogen-bond donors (Lipinski definition) is 0. The molecule has 0 amide bonds. The van der Waals surface area contributed by atoms with E-state index in [1.54, 1.807) is 0 Å². The lowest BCUT2D eigenvalue weighted by atomic mass is 10.0. The molecule has 7 aromatic carbocycles. The van der Waals surface area contributed by atoms with Crippen LogP contribution in [0.1, 0.15) is 0 Å². The summed E-state index contributed by atoms with van der Waals surface area (Å²) >= 11 is 0. The lowest BCUT2D eigenvalue weighted by Gasteiger charge is -2.38. The number of para-hydroxylation sites is 4. The second kappa shape index (κ2) is 10.5. The van der Waals surface area contributed by atoms with E-state index in [9.17, 15) is 0 Å². The lowest BCUT2D eigenvalue weighted by molar-refractivity contribution is 0.592. The van der Waals surface area contributed by atoms with E-state index in [0.29, 0.717) is 0 Å². The van der Waals surface area contributed by atoms with E-state index in [0.717, 1.165) is 49.8 Å². The Balaban J connectivity index is 1.28. The van der Waals surface area contributed by atoms with Crippen molar-refractivity contribution < 1.29 is 4.57 Å². The number of rotatable bonds is 4. The van der Waals surface area contributed by atoms with Crippen LogP contribution >= 0.6 is 7.14 Å². The molecular weight excluding hydrogens is 579 g/mol. The number of aromatic nitrogens is 1. The third kappa shape index (κ3) is 3.96. The predicted octanol–water partition coefficient (Wildman–Crippen LogP) is 9.87. The summed E-state index contributed by atoms with van der Waals surface area (Å²) < 4.78 is 18.1. The molecule has 0 spiro atoms. The van der Waals surface area contributed by atoms with Crippen molar-refractivity contribution in [2.45, 2.75) is 0 Å². The molecule has 8 aromatic rings. The van der Waals surface area contributed by atoms with Crippen molar-refractivity contribution in [1.29, 1.82) is 0 Å². The largest absolute Gasteiger partial charge is 0.309 e. The van der Waals surface area contributed by atoms with Gasteiger partial charge in [0.2, 0.25) is 0 Å². The maximum Gasteiger partial charge on any atom is 0.175 e. The number of hydrogen-bond acceptors (Lipinski definition) is 2. The summed E-state index contributed by atoms with van der Waals surface area (Å²) in [4.78, 5) is 2.25. The first kappa shape index (κ1) is 26.7. The Labute approximate surface area is 268 Å². The Morgan fingerprint density at radius 1 is 0.413 bits per heavy atom. The first-order chi connectivity index (χ1) is 22.7. The topological polar surface area (TPSA) is 25.2 Å². The second-order valence-electron chi connectivity index (χ2n) is 11.7. The van der Waals surface area contributed by atoms with Gasteiger partial charge in [-0.1, -0.05) is 115 Å². The molecule has 0 radical (unpaired) electrons. The molecule has 46 heavy (non-hydrogen) atoms. The zero-order chi connectivity index (χ0) is 30.7. The fourth-order valence-corrected chi connectivity index (χ4v) is 10.1. The molecular formula is C42H29N2OP. The molecule has 0 saturated heterocycles. The predicted molar refractivity (Wildman–Crippen MR) is 194 cm³/mol. The molecule has 218 valence electrons. The van der Waals surface area contributed by atoms with E-state index >= 15 is 4.57 Å². The average molecular weight is 609 g/mol. The fraction of sp³-hybridized carbons (Fsp3) is 0. The summed E-state index contributed by atoms with van der Waals surface area (Å²) in [6.07, 6.45) is 0. The van der Waals surface area contributed by atoms with E-state index in [4.69, 9.17) is 0 Å². The van der Waals surface area contributed by atoms with Crippen LogP contribution in [0.25, 0.3) is 38.6 Å². The number of fused-ring (bicyclic) bond motifs is 5. The first-order valence-corrected chi connectivity index (χ1v) is 17.3. The van der Waals surface area contributed by atoms with E-state index < -0.39 is 7.14 Å². The van der Waals surface area contributed by atoms with Gasteiger partial charge in [0.15, 0.2) is 7.14 Å². The van der Waals surface area contributed by atoms with Gasteiger partial charge in [0.05, 0.1) is 22.4 Å². The Bertz CT molecular complexity index is 2410. The minimum absolute atomic E-state index is 0.840. The summed E-state index contributed by atoms with van der Waals surface area (Å²) in [5, 5.41) is 5.02. The standard InChI is InChI=1S/C42H29N2OP/c45-46(34-18-5-2-6-19-34)41-25-12-11-24-39(41)43(32-15-3-1-4-16-32)40-27-26-31(29-42(40)46)30-14-13-17-33(28-30)44-37-22-9-7-20-35(37)36-21-8-10-23-38(36)44/h1-29H. The number of anilines is 3. The molecule has 0 aliphatic carbocycles. The molecule has 4 heteroatoms. The van der Waals surface area contributed by atoms with Gasteiger partial charge < -0.3 is 14.0 Å². The van der Waals surface area contributed by atoms with Crippen LogP contribution < -0.4 is 20.8 Å². The van der Waals surface area contributed by atoms with Gasteiger partial charge in [0.1, 0.15) is 0 Å². The Kier molecular flexibility index (Phi) is 6.09. The lowest BCUT2D eigenvalue weighted by Crippen LogP contribution is -2.36. The van der Waals surface area contributed by atoms with Crippen molar-refractivity contribution in [2.75, 3.05) is 4.90 Å². The highest BCUT2D eigenvalue weighted by molar-refractivity contribution is 7.86. The fourth-order valence-electron chi connectivity index (χ4n) is 7.12. The average Bonchev–Trinajstić information content (AvgIpc) is 3.47. The van der Waals surface area contributed by atoms with Gasteiger partial charge in [-0.15, -0.1) is 0 Å². The Morgan fingerprint density at radius 2 is 0.978 bits per heavy atom. The monoisotopic (exact) mass is 608 g/mol. The van der Waals surface area contributed by atoms with Crippen LogP contribution in [-0.4, -0.2) is 4.57 Å². The van der Waals surface area contributed by atoms with Gasteiger partial charge in [0, 0.05) is 38.1 Å². The minimum atomic E-state index is -3.22. The normalized spacial score (nSPS) is 15.5. The third-order valence-electron chi connectivity index (χ3n) is 9.17. The van der Waals surface area contributed by atoms with Gasteiger partial charge in [-0.2, -0.15) is 0 Å². The van der Waals surface area contributed by atoms with Crippen LogP contribution in [0, 0.1) is 0 Å². The van der Waals surface area contributed by atoms with E-state index in [1.807, 2.05) is 54.6 Å². The van der Waals surface area contributed by atoms with Crippen molar-refractivity contribution in [1.82, 2.24) is 4.57 Å². The van der Waals surface area contributed by atoms with Crippen molar-refractivity contribution in [2.24, 2.45) is 0 Å². The highest BCUT2D eigenvalue weighted by atomic mass is 31.2. The molecule has 2 heterocycles. The van der Waals surface area contributed by atoms with Crippen LogP contribution in [0.15, 0.2) is 176 Å². The van der Waals surface area contributed by atoms with Gasteiger partial charge >= 0.3 is 0 Å². The van der Waals surface area contributed by atoms with Gasteiger partial charge in [-0.05, 0) is 71.8 Å². The summed E-state index contributed by atoms with van der Waals surface area (Å²) in [5.41, 5.74) is 8.49. The van der Waals surface area contributed by atoms with E-state index in [1.165, 1.54) is 21.8 Å². The molecule has 1 aliphatic heterocycles. The van der Waals surface area contributed by atoms with E-state index in [-0.39, 0.29) is 0 Å². The first-order valence-electron chi connectivity index (χ1n) is 15.6. The van der Waals surface area contributed by atoms with Crippen molar-refractivity contribution in [3.05, 3.63) is 176 Å². The molecule has 1 atom stereocenters. The SMILES string of the molecule is O=P1(c2ccccc2)c2ccccc2N(c2ccccc2)c2ccc(-c3cccc(-n4c5ccccc5c5ccccc54)c3)cc21. The number of benzene rings is 7. The van der Waals surface area contributed by atoms with Crippen molar-refractivity contribution in [3.63, 3.8) is 0 Å². The molecule has 3 nitrogen and oxygen atoms in total. The molecule has 0 bridgehead atoms. The zero-order valence-corrected chi connectivity index (χ0v) is 25.9. The van der Waals surface area contributed by atoms with E-state index in [2.05, 4.69) is 131 Å². The summed E-state index contributed by atoms with van der Waals surface area (Å²) in [5.74, 6) is 0. The van der Waals surface area contributed by atoms with Crippen LogP contribution in [0.4, 0.5) is 17.1 Å². The second-order valence-corrected chi connectivity index (χ2v) is 14.4. The smallest absolute Gasteiger partial charge is 0.175 e. The van der Waals surface area contributed by atoms with Gasteiger partial charge in [0.25, 0.3) is 0 Å². The summed E-state index contributed by atoms with van der Waals surface area (Å²) in [6.45, 7) is 0. The summed E-state index contributed by atoms with van der Waals surface area (Å²) in [6, 6.07) is 60.8. The molecule has 9 rings (SSSR count). The van der Waals surface area contributed by atoms with Crippen molar-refractivity contribution in [3.8, 4) is 16.8 Å². The molecule has 1 aliphatic rings. The highest BCUT2D eigenvalue weighted by Crippen LogP contribution is 2.54. The zero-order valence-electron chi connectivity index (χ0n) is 25.0. The third-order valence-corrected chi connectivity index (χ3v) is 12.3. The maximum atomic E-state index is 15.8. The molecule has 0 fully saturated rings. The van der Waals surface area contributed by atoms with Gasteiger partial charge in [-0.3, -0.25) is 0 Å². The van der Waals surface area contributed by atoms with Crippen molar-refractivity contribution >= 4 is 61.9 Å². The summed E-state index contributed by atoms with van der Waals surface area (Å²) in [7, 11) is -3.22. The molecule has 0 saturated carbocycles. The van der Waals surface area contributed by atoms with Crippen LogP contribution in [-0.2, 0) is 4.57 Å². The van der Waals surface area contributed by atoms with Crippen LogP contribution in [0.5, 0.6) is 0 Å². The van der Waals surface area contributed by atoms with Crippen LogP contribution in [0.2, 0.25) is 0 Å². The van der Waals surface area contributed by atoms with Crippen LogP contribution in [0.3, 0.4) is 0 Å². The minimum Gasteiger partial charge on any atom is -0.309 e. The Morgan fingerprint density at radius 3 is 1.72 bits per heavy atom. The number of nitrogens with zero attached hydrogens (tertiary/aromatic N) is 2. The molecule has 1 unspecified atom stereocenters. The quantitative estimate of drug-likeness (QED) is 0.186. The highest BCUT2D eigenvalue weighted by Gasteiger charge is 2.41. The Hall–Kier alpha value is -5.63. The molecule has 1 aromatic heterocycles. The van der Waals surface area contributed by atoms with Gasteiger partial charge in [-0.25, -0.2) is 0 Å².